The molecule has 0 amide bonds. The quantitative estimate of drug-likeness (QED) is 0.530. The highest BCUT2D eigenvalue weighted by atomic mass is 32.2. The molecular weight excluding hydrogens is 442 g/mol. The maximum Gasteiger partial charge on any atom is 0.238 e. The molecule has 0 radical (unpaired) electrons. The molecule has 32 heavy (non-hydrogen) atoms. The first-order chi connectivity index (χ1) is 15.2. The van der Waals surface area contributed by atoms with Gasteiger partial charge < -0.3 is 10.2 Å². The van der Waals surface area contributed by atoms with Crippen LogP contribution in [0.5, 0.6) is 0 Å². The van der Waals surface area contributed by atoms with Crippen LogP contribution in [0.2, 0.25) is 0 Å². The number of benzene rings is 2. The van der Waals surface area contributed by atoms with Crippen LogP contribution in [-0.2, 0) is 21.4 Å². The van der Waals surface area contributed by atoms with Crippen LogP contribution in [0, 0.1) is 0 Å². The van der Waals surface area contributed by atoms with Crippen LogP contribution >= 0.6 is 11.8 Å². The average Bonchev–Trinajstić information content (AvgIpc) is 3.15. The van der Waals surface area contributed by atoms with Gasteiger partial charge in [-0.2, -0.15) is 0 Å². The predicted molar refractivity (Wildman–Crippen MR) is 131 cm³/mol. The lowest BCUT2D eigenvalue weighted by atomic mass is 9.94. The minimum absolute atomic E-state index is 0.108. The van der Waals surface area contributed by atoms with Crippen molar-refractivity contribution in [2.24, 2.45) is 5.14 Å². The maximum absolute atomic E-state index is 13.1. The van der Waals surface area contributed by atoms with Crippen LogP contribution in [0.3, 0.4) is 0 Å². The van der Waals surface area contributed by atoms with E-state index in [1.807, 2.05) is 43.6 Å². The first-order valence-electron chi connectivity index (χ1n) is 10.8. The fourth-order valence-electron chi connectivity index (χ4n) is 4.08. The number of nitrogens with zero attached hydrogens (tertiary/aromatic N) is 1. The van der Waals surface area contributed by atoms with Gasteiger partial charge in [-0.1, -0.05) is 62.7 Å². The number of rotatable bonds is 10. The lowest BCUT2D eigenvalue weighted by Crippen LogP contribution is -2.57. The molecule has 0 spiro atoms. The predicted octanol–water partition coefficient (Wildman–Crippen LogP) is 4.43. The Hall–Kier alpha value is -2.29. The highest BCUT2D eigenvalue weighted by Crippen LogP contribution is 2.34. The van der Waals surface area contributed by atoms with Crippen molar-refractivity contribution >= 4 is 27.6 Å². The van der Waals surface area contributed by atoms with Crippen molar-refractivity contribution in [3.63, 3.8) is 0 Å². The van der Waals surface area contributed by atoms with Gasteiger partial charge in [-0.15, -0.1) is 11.8 Å². The van der Waals surface area contributed by atoms with Crippen LogP contribution in [-0.4, -0.2) is 31.0 Å². The summed E-state index contributed by atoms with van der Waals surface area (Å²) < 4.78 is 23.9. The number of hydrogen-bond donors (Lipinski definition) is 2. The molecule has 1 heterocycles. The fraction of sp³-hybridized carbons (Fsp3) is 0.375. The van der Waals surface area contributed by atoms with E-state index in [0.29, 0.717) is 18.5 Å². The Labute approximate surface area is 195 Å². The van der Waals surface area contributed by atoms with Crippen LogP contribution in [0.15, 0.2) is 64.7 Å². The normalized spacial score (nSPS) is 18.4. The van der Waals surface area contributed by atoms with Gasteiger partial charge in [-0.25, -0.2) is 13.6 Å². The molecule has 1 aliphatic rings. The van der Waals surface area contributed by atoms with Gasteiger partial charge in [0.25, 0.3) is 0 Å². The lowest BCUT2D eigenvalue weighted by Gasteiger charge is -2.38. The largest absolute Gasteiger partial charge is 0.350 e. The van der Waals surface area contributed by atoms with Gasteiger partial charge in [-0.05, 0) is 36.3 Å². The number of thioether (sulfide) groups is 1. The SMILES string of the molecule is CCCCC1(C(=O)CC)NC(SC)=CN1Cc1ccc(-c2ccccc2S(N)(=O)=O)cc1. The first-order valence-corrected chi connectivity index (χ1v) is 13.6. The molecule has 0 saturated carbocycles. The van der Waals surface area contributed by atoms with Gasteiger partial charge in [0.2, 0.25) is 10.0 Å². The van der Waals surface area contributed by atoms with Crippen molar-refractivity contribution < 1.29 is 13.2 Å². The first kappa shape index (κ1) is 24.4. The molecule has 0 aliphatic carbocycles. The van der Waals surface area contributed by atoms with Crippen molar-refractivity contribution in [1.82, 2.24) is 10.2 Å². The van der Waals surface area contributed by atoms with Crippen molar-refractivity contribution in [2.45, 2.75) is 56.6 Å². The van der Waals surface area contributed by atoms with Crippen molar-refractivity contribution in [1.29, 1.82) is 0 Å². The Morgan fingerprint density at radius 2 is 1.81 bits per heavy atom. The Bertz CT molecular complexity index is 1100. The summed E-state index contributed by atoms with van der Waals surface area (Å²) in [6.07, 6.45) is 7.22. The number of unbranched alkanes of at least 4 members (excludes halogenated alkanes) is 1. The number of carbonyl (C=O) groups is 1. The lowest BCUT2D eigenvalue weighted by molar-refractivity contribution is -0.131. The third kappa shape index (κ3) is 5.03. The molecule has 0 fully saturated rings. The minimum atomic E-state index is -3.82. The van der Waals surface area contributed by atoms with Crippen molar-refractivity contribution in [3.8, 4) is 11.1 Å². The monoisotopic (exact) mass is 473 g/mol. The fourth-order valence-corrected chi connectivity index (χ4v) is 5.35. The van der Waals surface area contributed by atoms with Gasteiger partial charge in [0.1, 0.15) is 0 Å². The van der Waals surface area contributed by atoms with E-state index in [1.54, 1.807) is 30.0 Å². The average molecular weight is 474 g/mol. The molecule has 172 valence electrons. The molecule has 0 aromatic heterocycles. The summed E-state index contributed by atoms with van der Waals surface area (Å²) in [5, 5.41) is 9.87. The molecule has 6 nitrogen and oxygen atoms in total. The van der Waals surface area contributed by atoms with Crippen LogP contribution in [0.4, 0.5) is 0 Å². The number of primary sulfonamides is 1. The van der Waals surface area contributed by atoms with E-state index in [4.69, 9.17) is 5.14 Å². The zero-order valence-corrected chi connectivity index (χ0v) is 20.4. The zero-order valence-electron chi connectivity index (χ0n) is 18.8. The van der Waals surface area contributed by atoms with Crippen LogP contribution in [0.25, 0.3) is 11.1 Å². The van der Waals surface area contributed by atoms with Crippen LogP contribution < -0.4 is 10.5 Å². The second-order valence-corrected chi connectivity index (χ2v) is 10.3. The van der Waals surface area contributed by atoms with Gasteiger partial charge in [-0.3, -0.25) is 4.79 Å². The Balaban J connectivity index is 1.91. The number of nitrogens with two attached hydrogens (primary N) is 1. The molecule has 1 aliphatic heterocycles. The summed E-state index contributed by atoms with van der Waals surface area (Å²) in [5.41, 5.74) is 1.67. The molecule has 3 rings (SSSR count). The van der Waals surface area contributed by atoms with Gasteiger partial charge in [0.05, 0.1) is 9.92 Å². The van der Waals surface area contributed by atoms with E-state index < -0.39 is 15.7 Å². The molecule has 2 aromatic carbocycles. The van der Waals surface area contributed by atoms with E-state index in [2.05, 4.69) is 17.1 Å². The van der Waals surface area contributed by atoms with Gasteiger partial charge in [0, 0.05) is 24.7 Å². The Morgan fingerprint density at radius 3 is 2.41 bits per heavy atom. The Morgan fingerprint density at radius 1 is 1.12 bits per heavy atom. The molecule has 2 aromatic rings. The number of hydrogen-bond acceptors (Lipinski definition) is 6. The molecule has 8 heteroatoms. The second-order valence-electron chi connectivity index (χ2n) is 7.93. The number of sulfonamides is 1. The molecule has 1 unspecified atom stereocenters. The highest BCUT2D eigenvalue weighted by molar-refractivity contribution is 8.02. The maximum atomic E-state index is 13.1. The van der Waals surface area contributed by atoms with E-state index in [1.165, 1.54) is 6.07 Å². The number of ketones is 1. The molecular formula is C24H31N3O3S2. The molecule has 0 saturated heterocycles. The number of carbonyl (C=O) groups excluding carboxylic acids is 1. The summed E-state index contributed by atoms with van der Waals surface area (Å²) >= 11 is 1.60. The molecule has 1 atom stereocenters. The van der Waals surface area contributed by atoms with Crippen LogP contribution in [0.1, 0.15) is 45.1 Å². The van der Waals surface area contributed by atoms with Gasteiger partial charge >= 0.3 is 0 Å². The summed E-state index contributed by atoms with van der Waals surface area (Å²) in [7, 11) is -3.82. The summed E-state index contributed by atoms with van der Waals surface area (Å²) in [6, 6.07) is 14.5. The summed E-state index contributed by atoms with van der Waals surface area (Å²) in [4.78, 5) is 15.3. The second kappa shape index (κ2) is 10.1. The van der Waals surface area contributed by atoms with E-state index in [-0.39, 0.29) is 10.7 Å². The summed E-state index contributed by atoms with van der Waals surface area (Å²) in [6.45, 7) is 4.61. The smallest absolute Gasteiger partial charge is 0.238 e. The standard InChI is InChI=1S/C24H31N3O3S2/c1-4-6-15-24(22(28)5-2)26-23(31-3)17-27(24)16-18-11-13-19(14-12-18)20-9-7-8-10-21(20)32(25,29)30/h7-14,17,26H,4-6,15-16H2,1-3H3,(H2,25,29,30). The van der Waals surface area contributed by atoms with Crippen molar-refractivity contribution in [2.75, 3.05) is 6.26 Å². The summed E-state index contributed by atoms with van der Waals surface area (Å²) in [5.74, 6) is 0.185. The molecule has 0 bridgehead atoms. The molecule has 3 N–H and O–H groups in total. The highest BCUT2D eigenvalue weighted by Gasteiger charge is 2.45. The topological polar surface area (TPSA) is 92.5 Å². The van der Waals surface area contributed by atoms with E-state index >= 15 is 0 Å². The third-order valence-corrected chi connectivity index (χ3v) is 7.42. The minimum Gasteiger partial charge on any atom is -0.350 e. The third-order valence-electron chi connectivity index (χ3n) is 5.80. The zero-order chi connectivity index (χ0) is 23.4. The van der Waals surface area contributed by atoms with E-state index in [0.717, 1.165) is 35.4 Å². The van der Waals surface area contributed by atoms with E-state index in [9.17, 15) is 13.2 Å². The van der Waals surface area contributed by atoms with Crippen molar-refractivity contribution in [3.05, 3.63) is 65.3 Å². The number of Topliss-reactive ketones (excluding diaryl/α,β-unsaturated/α-hetero) is 1. The Kier molecular flexibility index (Phi) is 7.69. The van der Waals surface area contributed by atoms with Gasteiger partial charge in [0.15, 0.2) is 11.4 Å². The number of nitrogens with one attached hydrogen (secondary N) is 1.